The van der Waals surface area contributed by atoms with Gasteiger partial charge in [0.05, 0.1) is 22.1 Å². The van der Waals surface area contributed by atoms with Crippen LogP contribution in [0.5, 0.6) is 0 Å². The molecule has 0 unspecified atom stereocenters. The van der Waals surface area contributed by atoms with E-state index in [1.165, 1.54) is 82.7 Å². The molecule has 0 aliphatic heterocycles. The van der Waals surface area contributed by atoms with E-state index in [0.29, 0.717) is 0 Å². The van der Waals surface area contributed by atoms with E-state index >= 15 is 0 Å². The van der Waals surface area contributed by atoms with Crippen molar-refractivity contribution in [1.82, 2.24) is 9.13 Å². The summed E-state index contributed by atoms with van der Waals surface area (Å²) in [6, 6.07) is 57.4. The SMILES string of the molecule is Cc1ccccc1-c1c(C)ccc2c3c4c5ccccc5n(-c5cccc(-c6ccccc6)c5)c4ccc3n(-c3ccccc3)c12. The zero-order chi connectivity index (χ0) is 30.8. The van der Waals surface area contributed by atoms with Crippen molar-refractivity contribution in [3.8, 4) is 33.6 Å². The van der Waals surface area contributed by atoms with Gasteiger partial charge in [-0.2, -0.15) is 0 Å². The second-order valence-electron chi connectivity index (χ2n) is 12.3. The summed E-state index contributed by atoms with van der Waals surface area (Å²) in [5.41, 5.74) is 14.8. The van der Waals surface area contributed by atoms with Crippen LogP contribution < -0.4 is 0 Å². The Morgan fingerprint density at radius 3 is 1.83 bits per heavy atom. The molecule has 0 bridgehead atoms. The van der Waals surface area contributed by atoms with Crippen molar-refractivity contribution >= 4 is 43.6 Å². The van der Waals surface area contributed by atoms with Crippen molar-refractivity contribution in [3.63, 3.8) is 0 Å². The highest BCUT2D eigenvalue weighted by molar-refractivity contribution is 6.30. The van der Waals surface area contributed by atoms with Gasteiger partial charge in [-0.05, 0) is 84.1 Å². The van der Waals surface area contributed by atoms with Gasteiger partial charge in [-0.1, -0.05) is 115 Å². The number of benzene rings is 7. The summed E-state index contributed by atoms with van der Waals surface area (Å²) in [7, 11) is 0. The highest BCUT2D eigenvalue weighted by Gasteiger charge is 2.23. The molecule has 218 valence electrons. The molecule has 2 aromatic heterocycles. The first-order valence-corrected chi connectivity index (χ1v) is 16.0. The average molecular weight is 589 g/mol. The maximum Gasteiger partial charge on any atom is 0.0622 e. The summed E-state index contributed by atoms with van der Waals surface area (Å²) in [4.78, 5) is 0. The minimum Gasteiger partial charge on any atom is -0.309 e. The number of para-hydroxylation sites is 2. The second kappa shape index (κ2) is 10.4. The molecule has 0 fully saturated rings. The van der Waals surface area contributed by atoms with Gasteiger partial charge in [0.25, 0.3) is 0 Å². The number of nitrogens with zero attached hydrogens (tertiary/aromatic N) is 2. The minimum atomic E-state index is 1.16. The van der Waals surface area contributed by atoms with Crippen LogP contribution >= 0.6 is 0 Å². The molecule has 7 aromatic carbocycles. The van der Waals surface area contributed by atoms with Crippen LogP contribution in [0.4, 0.5) is 0 Å². The topological polar surface area (TPSA) is 9.86 Å². The van der Waals surface area contributed by atoms with Crippen LogP contribution in [0, 0.1) is 13.8 Å². The van der Waals surface area contributed by atoms with E-state index < -0.39 is 0 Å². The molecule has 0 spiro atoms. The standard InChI is InChI=1S/C44H32N2/c1-29-14-9-10-21-35(29)41-30(2)24-25-37-43-40(46(44(37)41)33-18-7-4-8-19-33)27-26-39-42(43)36-22-11-12-23-38(36)45(39)34-20-13-17-32(28-34)31-15-5-3-6-16-31/h3-28H,1-2H3. The number of hydrogen-bond acceptors (Lipinski definition) is 0. The second-order valence-corrected chi connectivity index (χ2v) is 12.3. The summed E-state index contributed by atoms with van der Waals surface area (Å²) < 4.78 is 4.93. The Balaban J connectivity index is 1.45. The molecule has 0 radical (unpaired) electrons. The van der Waals surface area contributed by atoms with Gasteiger partial charge < -0.3 is 9.13 Å². The largest absolute Gasteiger partial charge is 0.309 e. The molecule has 0 aliphatic carbocycles. The van der Waals surface area contributed by atoms with Gasteiger partial charge in [0.2, 0.25) is 0 Å². The average Bonchev–Trinajstić information content (AvgIpc) is 3.62. The van der Waals surface area contributed by atoms with E-state index in [1.54, 1.807) is 0 Å². The van der Waals surface area contributed by atoms with Crippen LogP contribution in [0.25, 0.3) is 77.2 Å². The predicted molar refractivity (Wildman–Crippen MR) is 195 cm³/mol. The highest BCUT2D eigenvalue weighted by Crippen LogP contribution is 2.46. The van der Waals surface area contributed by atoms with Crippen molar-refractivity contribution in [2.24, 2.45) is 0 Å². The lowest BCUT2D eigenvalue weighted by Gasteiger charge is -2.15. The molecule has 0 amide bonds. The van der Waals surface area contributed by atoms with Crippen molar-refractivity contribution in [2.45, 2.75) is 13.8 Å². The third kappa shape index (κ3) is 3.90. The Morgan fingerprint density at radius 2 is 1.02 bits per heavy atom. The minimum absolute atomic E-state index is 1.16. The van der Waals surface area contributed by atoms with Crippen molar-refractivity contribution < 1.29 is 0 Å². The van der Waals surface area contributed by atoms with Crippen molar-refractivity contribution in [2.75, 3.05) is 0 Å². The fraction of sp³-hybridized carbons (Fsp3) is 0.0455. The number of aromatic nitrogens is 2. The molecule has 0 saturated carbocycles. The van der Waals surface area contributed by atoms with Crippen LogP contribution in [0.2, 0.25) is 0 Å². The van der Waals surface area contributed by atoms with E-state index in [-0.39, 0.29) is 0 Å². The molecule has 0 atom stereocenters. The Morgan fingerprint density at radius 1 is 0.391 bits per heavy atom. The molecule has 9 rings (SSSR count). The van der Waals surface area contributed by atoms with Crippen molar-refractivity contribution in [1.29, 1.82) is 0 Å². The van der Waals surface area contributed by atoms with E-state index in [2.05, 4.69) is 181 Å². The van der Waals surface area contributed by atoms with Gasteiger partial charge >= 0.3 is 0 Å². The van der Waals surface area contributed by atoms with E-state index in [0.717, 1.165) is 5.69 Å². The summed E-state index contributed by atoms with van der Waals surface area (Å²) in [6.45, 7) is 4.47. The van der Waals surface area contributed by atoms with Gasteiger partial charge in [-0.15, -0.1) is 0 Å². The lowest BCUT2D eigenvalue weighted by Crippen LogP contribution is -1.97. The Kier molecular flexibility index (Phi) is 5.97. The van der Waals surface area contributed by atoms with Gasteiger partial charge in [0.15, 0.2) is 0 Å². The quantitative estimate of drug-likeness (QED) is 0.194. The molecule has 2 heterocycles. The zero-order valence-electron chi connectivity index (χ0n) is 25.9. The fourth-order valence-corrected chi connectivity index (χ4v) is 7.53. The maximum absolute atomic E-state index is 2.49. The molecule has 9 aromatic rings. The summed E-state index contributed by atoms with van der Waals surface area (Å²) in [6.07, 6.45) is 0. The lowest BCUT2D eigenvalue weighted by atomic mass is 9.93. The summed E-state index contributed by atoms with van der Waals surface area (Å²) in [5.74, 6) is 0. The molecule has 0 aliphatic rings. The third-order valence-corrected chi connectivity index (χ3v) is 9.58. The van der Waals surface area contributed by atoms with Gasteiger partial charge in [0.1, 0.15) is 0 Å². The first kappa shape index (κ1) is 26.5. The van der Waals surface area contributed by atoms with E-state index in [1.807, 2.05) is 0 Å². The predicted octanol–water partition coefficient (Wildman–Crippen LogP) is 11.8. The molecule has 0 N–H and O–H groups in total. The molecule has 46 heavy (non-hydrogen) atoms. The smallest absolute Gasteiger partial charge is 0.0622 e. The zero-order valence-corrected chi connectivity index (χ0v) is 25.9. The number of hydrogen-bond donors (Lipinski definition) is 0. The molecule has 2 nitrogen and oxygen atoms in total. The van der Waals surface area contributed by atoms with Crippen LogP contribution in [-0.2, 0) is 0 Å². The van der Waals surface area contributed by atoms with Crippen LogP contribution in [0.15, 0.2) is 158 Å². The first-order chi connectivity index (χ1) is 22.7. The van der Waals surface area contributed by atoms with Gasteiger partial charge in [-0.3, -0.25) is 0 Å². The molecule has 0 saturated heterocycles. The summed E-state index contributed by atoms with van der Waals surface area (Å²) in [5, 5.41) is 5.12. The lowest BCUT2D eigenvalue weighted by molar-refractivity contribution is 1.17. The maximum atomic E-state index is 2.49. The molecular formula is C44H32N2. The van der Waals surface area contributed by atoms with Crippen molar-refractivity contribution in [3.05, 3.63) is 169 Å². The highest BCUT2D eigenvalue weighted by atomic mass is 15.0. The Hall–Kier alpha value is -5.86. The van der Waals surface area contributed by atoms with Crippen LogP contribution in [0.3, 0.4) is 0 Å². The molecule has 2 heteroatoms. The number of aryl methyl sites for hydroxylation is 2. The summed E-state index contributed by atoms with van der Waals surface area (Å²) >= 11 is 0. The third-order valence-electron chi connectivity index (χ3n) is 9.58. The Labute approximate surface area is 268 Å². The van der Waals surface area contributed by atoms with Gasteiger partial charge in [-0.25, -0.2) is 0 Å². The van der Waals surface area contributed by atoms with Crippen LogP contribution in [0.1, 0.15) is 11.1 Å². The van der Waals surface area contributed by atoms with E-state index in [4.69, 9.17) is 0 Å². The fourth-order valence-electron chi connectivity index (χ4n) is 7.53. The van der Waals surface area contributed by atoms with Gasteiger partial charge in [0, 0.05) is 38.5 Å². The van der Waals surface area contributed by atoms with E-state index in [9.17, 15) is 0 Å². The molecular weight excluding hydrogens is 556 g/mol. The Bertz CT molecular complexity index is 2580. The number of fused-ring (bicyclic) bond motifs is 7. The normalized spacial score (nSPS) is 11.7. The monoisotopic (exact) mass is 588 g/mol. The first-order valence-electron chi connectivity index (χ1n) is 16.0. The van der Waals surface area contributed by atoms with Crippen LogP contribution in [-0.4, -0.2) is 9.13 Å². The number of rotatable bonds is 4.